The minimum absolute atomic E-state index is 0.290. The maximum absolute atomic E-state index is 11.2. The molecule has 1 aliphatic heterocycles. The lowest BCUT2D eigenvalue weighted by atomic mass is 9.99. The molecule has 0 aromatic carbocycles. The van der Waals surface area contributed by atoms with Gasteiger partial charge in [-0.05, 0) is 12.8 Å². The summed E-state index contributed by atoms with van der Waals surface area (Å²) in [7, 11) is 0. The summed E-state index contributed by atoms with van der Waals surface area (Å²) in [5.41, 5.74) is 0. The summed E-state index contributed by atoms with van der Waals surface area (Å²) in [4.78, 5) is 11.2. The molecular formula is C12H23NO. The van der Waals surface area contributed by atoms with Crippen LogP contribution in [0.3, 0.4) is 0 Å². The van der Waals surface area contributed by atoms with E-state index in [4.69, 9.17) is 0 Å². The Morgan fingerprint density at radius 2 is 1.93 bits per heavy atom. The fourth-order valence-electron chi connectivity index (χ4n) is 2.09. The number of nitrogens with one attached hydrogen (secondary N) is 1. The minimum atomic E-state index is 0.290. The molecule has 0 aliphatic carbocycles. The van der Waals surface area contributed by atoms with E-state index in [-0.39, 0.29) is 0 Å². The number of hydrogen-bond donors (Lipinski definition) is 1. The summed E-state index contributed by atoms with van der Waals surface area (Å²) in [6.45, 7) is 3.14. The molecule has 1 saturated heterocycles. The van der Waals surface area contributed by atoms with Gasteiger partial charge in [0.05, 0.1) is 0 Å². The Balaban J connectivity index is 1.90. The van der Waals surface area contributed by atoms with Crippen LogP contribution in [-0.4, -0.2) is 12.5 Å². The molecule has 0 aromatic heterocycles. The van der Waals surface area contributed by atoms with Crippen LogP contribution in [0.1, 0.15) is 58.3 Å². The normalized spacial score (nSPS) is 21.2. The molecule has 1 aliphatic rings. The van der Waals surface area contributed by atoms with E-state index in [9.17, 15) is 4.79 Å². The average molecular weight is 197 g/mol. The van der Waals surface area contributed by atoms with Crippen molar-refractivity contribution in [3.05, 3.63) is 0 Å². The van der Waals surface area contributed by atoms with Crippen molar-refractivity contribution in [2.24, 2.45) is 5.92 Å². The molecule has 1 N–H and O–H groups in total. The zero-order chi connectivity index (χ0) is 10.2. The van der Waals surface area contributed by atoms with Crippen LogP contribution in [0.5, 0.6) is 0 Å². The van der Waals surface area contributed by atoms with Crippen molar-refractivity contribution in [2.75, 3.05) is 6.54 Å². The molecule has 0 unspecified atom stereocenters. The summed E-state index contributed by atoms with van der Waals surface area (Å²) in [6, 6.07) is 0. The number of carbonyl (C=O) groups is 1. The highest BCUT2D eigenvalue weighted by molar-refractivity contribution is 5.80. The van der Waals surface area contributed by atoms with Crippen LogP contribution in [0.2, 0.25) is 0 Å². The zero-order valence-corrected chi connectivity index (χ0v) is 9.35. The maximum atomic E-state index is 11.2. The van der Waals surface area contributed by atoms with Gasteiger partial charge in [0.1, 0.15) is 0 Å². The van der Waals surface area contributed by atoms with Gasteiger partial charge in [0.25, 0.3) is 0 Å². The van der Waals surface area contributed by atoms with E-state index in [0.717, 1.165) is 19.4 Å². The smallest absolute Gasteiger partial charge is 0.223 e. The third-order valence-electron chi connectivity index (χ3n) is 3.07. The Hall–Kier alpha value is -0.530. The van der Waals surface area contributed by atoms with Gasteiger partial charge < -0.3 is 5.32 Å². The lowest BCUT2D eigenvalue weighted by molar-refractivity contribution is -0.122. The first kappa shape index (κ1) is 11.5. The van der Waals surface area contributed by atoms with Gasteiger partial charge in [0, 0.05) is 12.5 Å². The molecule has 0 bridgehead atoms. The van der Waals surface area contributed by atoms with Gasteiger partial charge in [0.15, 0.2) is 0 Å². The van der Waals surface area contributed by atoms with Crippen LogP contribution in [0.15, 0.2) is 0 Å². The standard InChI is InChI=1S/C12H23NO/c1-2-3-4-5-6-7-8-11-9-10-13-12(11)14/h11H,2-10H2,1H3,(H,13,14)/t11-/m1/s1. The molecule has 0 radical (unpaired) electrons. The summed E-state index contributed by atoms with van der Waals surface area (Å²) < 4.78 is 0. The Kier molecular flexibility index (Phi) is 5.65. The van der Waals surface area contributed by atoms with Gasteiger partial charge in [-0.1, -0.05) is 45.4 Å². The molecule has 2 heteroatoms. The van der Waals surface area contributed by atoms with E-state index >= 15 is 0 Å². The summed E-state index contributed by atoms with van der Waals surface area (Å²) in [5.74, 6) is 0.625. The lowest BCUT2D eigenvalue weighted by Gasteiger charge is -2.05. The van der Waals surface area contributed by atoms with Crippen molar-refractivity contribution in [2.45, 2.75) is 58.3 Å². The van der Waals surface area contributed by atoms with Gasteiger partial charge in [-0.25, -0.2) is 0 Å². The van der Waals surface area contributed by atoms with Gasteiger partial charge in [-0.15, -0.1) is 0 Å². The van der Waals surface area contributed by atoms with E-state index in [0.29, 0.717) is 11.8 Å². The highest BCUT2D eigenvalue weighted by atomic mass is 16.2. The topological polar surface area (TPSA) is 29.1 Å². The first-order chi connectivity index (χ1) is 6.84. The molecule has 0 spiro atoms. The molecule has 82 valence electrons. The van der Waals surface area contributed by atoms with Gasteiger partial charge in [-0.2, -0.15) is 0 Å². The molecule has 1 heterocycles. The molecule has 1 amide bonds. The molecule has 0 aromatic rings. The highest BCUT2D eigenvalue weighted by Crippen LogP contribution is 2.18. The number of amides is 1. The molecule has 0 saturated carbocycles. The number of unbranched alkanes of at least 4 members (excludes halogenated alkanes) is 5. The van der Waals surface area contributed by atoms with Gasteiger partial charge in [0.2, 0.25) is 5.91 Å². The predicted octanol–water partition coefficient (Wildman–Crippen LogP) is 2.87. The second-order valence-corrected chi connectivity index (χ2v) is 4.33. The molecular weight excluding hydrogens is 174 g/mol. The van der Waals surface area contributed by atoms with Crippen molar-refractivity contribution in [1.82, 2.24) is 5.32 Å². The van der Waals surface area contributed by atoms with E-state index in [1.165, 1.54) is 38.5 Å². The minimum Gasteiger partial charge on any atom is -0.356 e. The molecule has 1 fully saturated rings. The van der Waals surface area contributed by atoms with Crippen LogP contribution in [0, 0.1) is 5.92 Å². The van der Waals surface area contributed by atoms with Crippen LogP contribution in [-0.2, 0) is 4.79 Å². The second-order valence-electron chi connectivity index (χ2n) is 4.33. The average Bonchev–Trinajstić information content (AvgIpc) is 2.58. The fraction of sp³-hybridized carbons (Fsp3) is 0.917. The zero-order valence-electron chi connectivity index (χ0n) is 9.35. The fourth-order valence-corrected chi connectivity index (χ4v) is 2.09. The molecule has 14 heavy (non-hydrogen) atoms. The van der Waals surface area contributed by atoms with Crippen LogP contribution >= 0.6 is 0 Å². The third-order valence-corrected chi connectivity index (χ3v) is 3.07. The summed E-state index contributed by atoms with van der Waals surface area (Å²) >= 11 is 0. The lowest BCUT2D eigenvalue weighted by Crippen LogP contribution is -2.18. The number of hydrogen-bond acceptors (Lipinski definition) is 1. The third kappa shape index (κ3) is 4.12. The largest absolute Gasteiger partial charge is 0.356 e. The number of rotatable bonds is 7. The van der Waals surface area contributed by atoms with E-state index in [1.54, 1.807) is 0 Å². The number of carbonyl (C=O) groups excluding carboxylic acids is 1. The Morgan fingerprint density at radius 1 is 1.21 bits per heavy atom. The van der Waals surface area contributed by atoms with Crippen molar-refractivity contribution in [3.8, 4) is 0 Å². The SMILES string of the molecule is CCCCCCCC[C@@H]1CCNC1=O. The highest BCUT2D eigenvalue weighted by Gasteiger charge is 2.22. The molecule has 2 nitrogen and oxygen atoms in total. The maximum Gasteiger partial charge on any atom is 0.223 e. The Bertz CT molecular complexity index is 168. The molecule has 1 rings (SSSR count). The predicted molar refractivity (Wildman–Crippen MR) is 59.1 cm³/mol. The summed E-state index contributed by atoms with van der Waals surface area (Å²) in [6.07, 6.45) is 10.1. The van der Waals surface area contributed by atoms with Crippen molar-refractivity contribution in [3.63, 3.8) is 0 Å². The Labute approximate surface area is 87.5 Å². The Morgan fingerprint density at radius 3 is 2.57 bits per heavy atom. The quantitative estimate of drug-likeness (QED) is 0.625. The first-order valence-electron chi connectivity index (χ1n) is 6.12. The van der Waals surface area contributed by atoms with E-state index < -0.39 is 0 Å². The monoisotopic (exact) mass is 197 g/mol. The van der Waals surface area contributed by atoms with Crippen LogP contribution in [0.4, 0.5) is 0 Å². The van der Waals surface area contributed by atoms with Crippen molar-refractivity contribution in [1.29, 1.82) is 0 Å². The van der Waals surface area contributed by atoms with Crippen molar-refractivity contribution < 1.29 is 4.79 Å². The van der Waals surface area contributed by atoms with E-state index in [2.05, 4.69) is 12.2 Å². The molecule has 1 atom stereocenters. The second kappa shape index (κ2) is 6.86. The van der Waals surface area contributed by atoms with Gasteiger partial charge in [-0.3, -0.25) is 4.79 Å². The summed E-state index contributed by atoms with van der Waals surface area (Å²) in [5, 5.41) is 2.89. The van der Waals surface area contributed by atoms with Crippen molar-refractivity contribution >= 4 is 5.91 Å². The first-order valence-corrected chi connectivity index (χ1v) is 6.12. The van der Waals surface area contributed by atoms with Crippen LogP contribution < -0.4 is 5.32 Å². The van der Waals surface area contributed by atoms with E-state index in [1.807, 2.05) is 0 Å². The van der Waals surface area contributed by atoms with Gasteiger partial charge >= 0.3 is 0 Å². The van der Waals surface area contributed by atoms with Crippen LogP contribution in [0.25, 0.3) is 0 Å².